The van der Waals surface area contributed by atoms with Gasteiger partial charge >= 0.3 is 0 Å². The molecule has 0 fully saturated rings. The van der Waals surface area contributed by atoms with Gasteiger partial charge in [-0.15, -0.1) is 16.4 Å². The highest BCUT2D eigenvalue weighted by Crippen LogP contribution is 2.26. The molecule has 0 aliphatic rings. The van der Waals surface area contributed by atoms with Gasteiger partial charge in [-0.05, 0) is 37.4 Å². The van der Waals surface area contributed by atoms with Crippen LogP contribution in [0.1, 0.15) is 24.2 Å². The van der Waals surface area contributed by atoms with E-state index in [1.54, 1.807) is 42.5 Å². The maximum Gasteiger partial charge on any atom is 0.237 e. The Morgan fingerprint density at radius 3 is 2.76 bits per heavy atom. The lowest BCUT2D eigenvalue weighted by Gasteiger charge is -2.12. The molecule has 1 atom stereocenters. The SMILES string of the molecule is CC(=O)c1ccccc1NC(=O)[C@@H](C)Sc1n[nH]c(-c2cccs2)n1. The highest BCUT2D eigenvalue weighted by Gasteiger charge is 2.19. The van der Waals surface area contributed by atoms with E-state index in [1.165, 1.54) is 18.7 Å². The molecule has 2 heterocycles. The van der Waals surface area contributed by atoms with E-state index in [0.717, 1.165) is 4.88 Å². The van der Waals surface area contributed by atoms with Gasteiger partial charge in [-0.1, -0.05) is 30.0 Å². The Kier molecular flexibility index (Phi) is 5.30. The van der Waals surface area contributed by atoms with Gasteiger partial charge in [0.15, 0.2) is 11.6 Å². The van der Waals surface area contributed by atoms with Crippen molar-refractivity contribution in [1.82, 2.24) is 15.2 Å². The summed E-state index contributed by atoms with van der Waals surface area (Å²) < 4.78 is 0. The summed E-state index contributed by atoms with van der Waals surface area (Å²) in [7, 11) is 0. The van der Waals surface area contributed by atoms with Gasteiger partial charge in [0.05, 0.1) is 15.8 Å². The zero-order valence-electron chi connectivity index (χ0n) is 13.6. The van der Waals surface area contributed by atoms with Crippen LogP contribution in [0, 0.1) is 0 Å². The number of anilines is 1. The van der Waals surface area contributed by atoms with Gasteiger partial charge < -0.3 is 5.32 Å². The number of H-pyrrole nitrogens is 1. The number of benzene rings is 1. The third-order valence-corrected chi connectivity index (χ3v) is 5.27. The first-order valence-corrected chi connectivity index (χ1v) is 9.34. The summed E-state index contributed by atoms with van der Waals surface area (Å²) in [5.41, 5.74) is 1.01. The molecule has 6 nitrogen and oxygen atoms in total. The first kappa shape index (κ1) is 17.4. The van der Waals surface area contributed by atoms with Crippen LogP contribution in [0.3, 0.4) is 0 Å². The average Bonchev–Trinajstić information content (AvgIpc) is 3.26. The number of hydrogen-bond acceptors (Lipinski definition) is 6. The van der Waals surface area contributed by atoms with Crippen LogP contribution >= 0.6 is 23.1 Å². The molecule has 0 aliphatic heterocycles. The zero-order chi connectivity index (χ0) is 17.8. The summed E-state index contributed by atoms with van der Waals surface area (Å²) in [5.74, 6) is 0.388. The van der Waals surface area contributed by atoms with Crippen LogP contribution in [0.15, 0.2) is 46.9 Å². The highest BCUT2D eigenvalue weighted by molar-refractivity contribution is 8.00. The molecule has 1 aromatic carbocycles. The number of thiophene rings is 1. The fraction of sp³-hybridized carbons (Fsp3) is 0.176. The minimum absolute atomic E-state index is 0.0919. The van der Waals surface area contributed by atoms with Gasteiger partial charge in [-0.25, -0.2) is 4.98 Å². The van der Waals surface area contributed by atoms with E-state index in [4.69, 9.17) is 0 Å². The number of nitrogens with one attached hydrogen (secondary N) is 2. The number of amides is 1. The average molecular weight is 372 g/mol. The molecule has 0 radical (unpaired) electrons. The standard InChI is InChI=1S/C17H16N4O2S2/c1-10(22)12-6-3-4-7-13(12)18-16(23)11(2)25-17-19-15(20-21-17)14-8-5-9-24-14/h3-9,11H,1-2H3,(H,18,23)(H,19,20,21)/t11-/m1/s1. The van der Waals surface area contributed by atoms with Gasteiger partial charge in [-0.2, -0.15) is 0 Å². The number of carbonyl (C=O) groups is 2. The molecule has 0 aliphatic carbocycles. The largest absolute Gasteiger partial charge is 0.324 e. The van der Waals surface area contributed by atoms with Gasteiger partial charge in [0, 0.05) is 5.56 Å². The molecule has 128 valence electrons. The Morgan fingerprint density at radius 1 is 1.24 bits per heavy atom. The molecular weight excluding hydrogens is 356 g/mol. The second-order valence-corrected chi connectivity index (χ2v) is 7.55. The number of Topliss-reactive ketones (excluding diaryl/α,β-unsaturated/α-hetero) is 1. The number of ketones is 1. The summed E-state index contributed by atoms with van der Waals surface area (Å²) in [5, 5.41) is 11.9. The van der Waals surface area contributed by atoms with E-state index >= 15 is 0 Å². The van der Waals surface area contributed by atoms with Crippen LogP contribution in [-0.2, 0) is 4.79 Å². The maximum absolute atomic E-state index is 12.4. The summed E-state index contributed by atoms with van der Waals surface area (Å²) in [4.78, 5) is 29.5. The van der Waals surface area contributed by atoms with E-state index < -0.39 is 5.25 Å². The Bertz CT molecular complexity index is 890. The molecule has 3 rings (SSSR count). The van der Waals surface area contributed by atoms with Crippen molar-refractivity contribution in [2.75, 3.05) is 5.32 Å². The molecule has 3 aromatic rings. The fourth-order valence-electron chi connectivity index (χ4n) is 2.17. The second-order valence-electron chi connectivity index (χ2n) is 5.29. The second kappa shape index (κ2) is 7.62. The third kappa shape index (κ3) is 4.15. The molecule has 8 heteroatoms. The summed E-state index contributed by atoms with van der Waals surface area (Å²) in [6.07, 6.45) is 0. The first-order valence-electron chi connectivity index (χ1n) is 7.58. The molecule has 0 saturated carbocycles. The lowest BCUT2D eigenvalue weighted by atomic mass is 10.1. The predicted octanol–water partition coefficient (Wildman–Crippen LogP) is 3.86. The predicted molar refractivity (Wildman–Crippen MR) is 100 cm³/mol. The van der Waals surface area contributed by atoms with Crippen molar-refractivity contribution in [2.45, 2.75) is 24.3 Å². The number of nitrogens with zero attached hydrogens (tertiary/aromatic N) is 2. The number of aromatic nitrogens is 3. The zero-order valence-corrected chi connectivity index (χ0v) is 15.3. The van der Waals surface area contributed by atoms with Gasteiger partial charge in [0.25, 0.3) is 0 Å². The molecule has 0 saturated heterocycles. The summed E-state index contributed by atoms with van der Waals surface area (Å²) >= 11 is 2.82. The van der Waals surface area contributed by atoms with Crippen LogP contribution in [0.2, 0.25) is 0 Å². The van der Waals surface area contributed by atoms with Crippen molar-refractivity contribution < 1.29 is 9.59 Å². The Labute approximate surface area is 153 Å². The van der Waals surface area contributed by atoms with Crippen LogP contribution < -0.4 is 5.32 Å². The number of hydrogen-bond donors (Lipinski definition) is 2. The van der Waals surface area contributed by atoms with Crippen molar-refractivity contribution in [3.8, 4) is 10.7 Å². The van der Waals surface area contributed by atoms with Crippen LogP contribution in [0.25, 0.3) is 10.7 Å². The van der Waals surface area contributed by atoms with Crippen molar-refractivity contribution in [3.05, 3.63) is 47.3 Å². The van der Waals surface area contributed by atoms with Crippen molar-refractivity contribution in [1.29, 1.82) is 0 Å². The quantitative estimate of drug-likeness (QED) is 0.507. The molecule has 0 unspecified atom stereocenters. The van der Waals surface area contributed by atoms with Gasteiger partial charge in [0.2, 0.25) is 11.1 Å². The van der Waals surface area contributed by atoms with E-state index in [1.807, 2.05) is 17.5 Å². The Balaban J connectivity index is 1.66. The number of para-hydroxylation sites is 1. The monoisotopic (exact) mass is 372 g/mol. The Hall–Kier alpha value is -2.45. The normalized spacial score (nSPS) is 11.9. The van der Waals surface area contributed by atoms with E-state index in [-0.39, 0.29) is 11.7 Å². The fourth-order valence-corrected chi connectivity index (χ4v) is 3.56. The molecule has 0 spiro atoms. The molecule has 2 aromatic heterocycles. The minimum atomic E-state index is -0.410. The smallest absolute Gasteiger partial charge is 0.237 e. The lowest BCUT2D eigenvalue weighted by Crippen LogP contribution is -2.23. The number of carbonyl (C=O) groups excluding carboxylic acids is 2. The number of aromatic amines is 1. The Morgan fingerprint density at radius 2 is 2.04 bits per heavy atom. The van der Waals surface area contributed by atoms with Crippen LogP contribution in [-0.4, -0.2) is 32.1 Å². The molecule has 25 heavy (non-hydrogen) atoms. The van der Waals surface area contributed by atoms with E-state index in [9.17, 15) is 9.59 Å². The van der Waals surface area contributed by atoms with Crippen LogP contribution in [0.4, 0.5) is 5.69 Å². The minimum Gasteiger partial charge on any atom is -0.324 e. The first-order chi connectivity index (χ1) is 12.0. The summed E-state index contributed by atoms with van der Waals surface area (Å²) in [6.45, 7) is 3.25. The van der Waals surface area contributed by atoms with Crippen LogP contribution in [0.5, 0.6) is 0 Å². The van der Waals surface area contributed by atoms with Crippen molar-refractivity contribution in [2.24, 2.45) is 0 Å². The molecule has 0 bridgehead atoms. The topological polar surface area (TPSA) is 87.7 Å². The van der Waals surface area contributed by atoms with Gasteiger partial charge in [0.1, 0.15) is 0 Å². The van der Waals surface area contributed by atoms with Gasteiger partial charge in [-0.3, -0.25) is 14.7 Å². The molecule has 2 N–H and O–H groups in total. The number of thioether (sulfide) groups is 1. The summed E-state index contributed by atoms with van der Waals surface area (Å²) in [6, 6.07) is 10.9. The lowest BCUT2D eigenvalue weighted by molar-refractivity contribution is -0.115. The molecule has 1 amide bonds. The van der Waals surface area contributed by atoms with Crippen molar-refractivity contribution >= 4 is 40.5 Å². The van der Waals surface area contributed by atoms with E-state index in [2.05, 4.69) is 20.5 Å². The maximum atomic E-state index is 12.4. The third-order valence-electron chi connectivity index (χ3n) is 3.44. The molecular formula is C17H16N4O2S2. The van der Waals surface area contributed by atoms with Crippen molar-refractivity contribution in [3.63, 3.8) is 0 Å². The number of rotatable bonds is 6. The highest BCUT2D eigenvalue weighted by atomic mass is 32.2. The van der Waals surface area contributed by atoms with E-state index in [0.29, 0.717) is 22.2 Å².